The molecule has 0 amide bonds. The Balaban J connectivity index is 2.73. The van der Waals surface area contributed by atoms with Gasteiger partial charge in [0, 0.05) is 0 Å². The van der Waals surface area contributed by atoms with Gasteiger partial charge in [-0.15, -0.1) is 0 Å². The minimum Gasteiger partial charge on any atom is -0.423 e. The third-order valence-electron chi connectivity index (χ3n) is 2.50. The lowest BCUT2D eigenvalue weighted by molar-refractivity contribution is 0.426. The van der Waals surface area contributed by atoms with Crippen molar-refractivity contribution in [2.45, 2.75) is 0 Å². The van der Waals surface area contributed by atoms with E-state index in [2.05, 4.69) is 9.69 Å². The summed E-state index contributed by atoms with van der Waals surface area (Å²) < 4.78 is 0. The third kappa shape index (κ3) is 1.98. The summed E-state index contributed by atoms with van der Waals surface area (Å²) in [5.41, 5.74) is 0.950. The molecule has 80 valence electrons. The van der Waals surface area contributed by atoms with Crippen molar-refractivity contribution in [3.8, 4) is 0 Å². The quantitative estimate of drug-likeness (QED) is 0.568. The molecule has 0 radical (unpaired) electrons. The first-order valence-electron chi connectivity index (χ1n) is 4.84. The van der Waals surface area contributed by atoms with Gasteiger partial charge in [0.2, 0.25) is 0 Å². The average Bonchev–Trinajstić information content (AvgIpc) is 2.36. The van der Waals surface area contributed by atoms with Crippen molar-refractivity contribution in [1.29, 1.82) is 0 Å². The highest BCUT2D eigenvalue weighted by Crippen LogP contribution is 2.32. The standard InChI is InChI=1S/C12H7BN2O2/c1-14-11-6-8-3-4-10(13(16)17)5-9(8)7-12(11)15-2/h3-7,16-17H. The molecule has 0 atom stereocenters. The summed E-state index contributed by atoms with van der Waals surface area (Å²) in [4.78, 5) is 6.56. The van der Waals surface area contributed by atoms with E-state index in [0.29, 0.717) is 16.5 Å². The highest BCUT2D eigenvalue weighted by Gasteiger charge is 2.12. The van der Waals surface area contributed by atoms with Gasteiger partial charge in [0.1, 0.15) is 0 Å². The van der Waals surface area contributed by atoms with Crippen LogP contribution < -0.4 is 5.46 Å². The summed E-state index contributed by atoms with van der Waals surface area (Å²) in [7, 11) is -1.53. The highest BCUT2D eigenvalue weighted by atomic mass is 16.4. The molecule has 5 heteroatoms. The van der Waals surface area contributed by atoms with Gasteiger partial charge in [-0.2, -0.15) is 0 Å². The number of hydrogen-bond donors (Lipinski definition) is 2. The van der Waals surface area contributed by atoms with E-state index in [1.165, 1.54) is 0 Å². The number of rotatable bonds is 1. The molecule has 0 saturated carbocycles. The van der Waals surface area contributed by atoms with Crippen LogP contribution in [0.2, 0.25) is 0 Å². The van der Waals surface area contributed by atoms with Gasteiger partial charge in [-0.25, -0.2) is 0 Å². The summed E-state index contributed by atoms with van der Waals surface area (Å²) in [6, 6.07) is 8.10. The maximum atomic E-state index is 9.06. The van der Waals surface area contributed by atoms with Crippen LogP contribution in [0, 0.1) is 13.1 Å². The molecule has 0 spiro atoms. The van der Waals surface area contributed by atoms with E-state index in [1.807, 2.05) is 0 Å². The molecule has 0 unspecified atom stereocenters. The second-order valence-electron chi connectivity index (χ2n) is 3.54. The second-order valence-corrected chi connectivity index (χ2v) is 3.54. The third-order valence-corrected chi connectivity index (χ3v) is 2.50. The van der Waals surface area contributed by atoms with Gasteiger partial charge >= 0.3 is 7.12 Å². The normalized spacial score (nSPS) is 9.65. The van der Waals surface area contributed by atoms with Crippen LogP contribution in [0.1, 0.15) is 0 Å². The van der Waals surface area contributed by atoms with E-state index in [-0.39, 0.29) is 5.69 Å². The SMILES string of the molecule is [C-]#[N+]c1cc2ccc(B(O)O)cc2cc1[N+]#[C-]. The molecular formula is C12H7BN2O2. The Labute approximate surface area is 98.5 Å². The Morgan fingerprint density at radius 2 is 1.47 bits per heavy atom. The summed E-state index contributed by atoms with van der Waals surface area (Å²) in [6.07, 6.45) is 0. The maximum absolute atomic E-state index is 9.06. The van der Waals surface area contributed by atoms with Gasteiger partial charge in [0.25, 0.3) is 0 Å². The molecule has 0 saturated heterocycles. The highest BCUT2D eigenvalue weighted by molar-refractivity contribution is 6.58. The predicted octanol–water partition coefficient (Wildman–Crippen LogP) is 1.62. The minimum absolute atomic E-state index is 0.275. The smallest absolute Gasteiger partial charge is 0.423 e. The fourth-order valence-corrected chi connectivity index (χ4v) is 1.63. The largest absolute Gasteiger partial charge is 0.488 e. The van der Waals surface area contributed by atoms with Crippen LogP contribution in [-0.2, 0) is 0 Å². The minimum atomic E-state index is -1.53. The zero-order valence-corrected chi connectivity index (χ0v) is 8.75. The van der Waals surface area contributed by atoms with Crippen molar-refractivity contribution in [2.75, 3.05) is 0 Å². The van der Waals surface area contributed by atoms with E-state index in [0.717, 1.165) is 5.39 Å². The van der Waals surface area contributed by atoms with E-state index in [4.69, 9.17) is 23.2 Å². The Hall–Kier alpha value is -2.34. The van der Waals surface area contributed by atoms with Crippen molar-refractivity contribution in [2.24, 2.45) is 0 Å². The van der Waals surface area contributed by atoms with Gasteiger partial charge in [0.05, 0.1) is 13.1 Å². The molecule has 4 nitrogen and oxygen atoms in total. The maximum Gasteiger partial charge on any atom is 0.488 e. The van der Waals surface area contributed by atoms with E-state index < -0.39 is 7.12 Å². The van der Waals surface area contributed by atoms with Crippen LogP contribution in [0.15, 0.2) is 30.3 Å². The molecule has 0 aliphatic carbocycles. The van der Waals surface area contributed by atoms with Crippen LogP contribution >= 0.6 is 0 Å². The van der Waals surface area contributed by atoms with Crippen molar-refractivity contribution < 1.29 is 10.0 Å². The van der Waals surface area contributed by atoms with E-state index in [9.17, 15) is 0 Å². The van der Waals surface area contributed by atoms with Gasteiger partial charge in [-0.3, -0.25) is 9.69 Å². The summed E-state index contributed by atoms with van der Waals surface area (Å²) in [5.74, 6) is 0. The molecule has 17 heavy (non-hydrogen) atoms. The zero-order valence-electron chi connectivity index (χ0n) is 8.75. The summed E-state index contributed by atoms with van der Waals surface area (Å²) in [6.45, 7) is 14.0. The second kappa shape index (κ2) is 4.27. The molecule has 2 N–H and O–H groups in total. The average molecular weight is 222 g/mol. The molecule has 0 aromatic heterocycles. The van der Waals surface area contributed by atoms with Crippen molar-refractivity contribution >= 4 is 34.7 Å². The van der Waals surface area contributed by atoms with Gasteiger partial charge in [-0.05, 0) is 16.2 Å². The molecule has 0 aliphatic rings. The van der Waals surface area contributed by atoms with Gasteiger partial charge < -0.3 is 10.0 Å². The Morgan fingerprint density at radius 1 is 0.882 bits per heavy atom. The van der Waals surface area contributed by atoms with Crippen LogP contribution in [0.5, 0.6) is 0 Å². The topological polar surface area (TPSA) is 49.2 Å². The fourth-order valence-electron chi connectivity index (χ4n) is 1.63. The van der Waals surface area contributed by atoms with E-state index >= 15 is 0 Å². The van der Waals surface area contributed by atoms with Crippen molar-refractivity contribution in [1.82, 2.24) is 0 Å². The van der Waals surface area contributed by atoms with Crippen molar-refractivity contribution in [3.63, 3.8) is 0 Å². The predicted molar refractivity (Wildman–Crippen MR) is 66.3 cm³/mol. The molecular weight excluding hydrogens is 215 g/mol. The van der Waals surface area contributed by atoms with Crippen LogP contribution in [-0.4, -0.2) is 17.2 Å². The molecule has 2 rings (SSSR count). The van der Waals surface area contributed by atoms with Gasteiger partial charge in [-0.1, -0.05) is 30.3 Å². The number of benzene rings is 2. The molecule has 2 aromatic carbocycles. The lowest BCUT2D eigenvalue weighted by Crippen LogP contribution is -2.29. The number of fused-ring (bicyclic) bond motifs is 1. The van der Waals surface area contributed by atoms with Gasteiger partial charge in [0.15, 0.2) is 11.4 Å². The molecule has 0 fully saturated rings. The first-order chi connectivity index (χ1) is 8.15. The first-order valence-corrected chi connectivity index (χ1v) is 4.84. The summed E-state index contributed by atoms with van der Waals surface area (Å²) in [5, 5.41) is 19.6. The van der Waals surface area contributed by atoms with Crippen LogP contribution in [0.3, 0.4) is 0 Å². The van der Waals surface area contributed by atoms with Crippen molar-refractivity contribution in [3.05, 3.63) is 53.2 Å². The molecule has 0 heterocycles. The Bertz CT molecular complexity index is 668. The zero-order chi connectivity index (χ0) is 12.4. The Morgan fingerprint density at radius 3 is 2.00 bits per heavy atom. The Kier molecular flexibility index (Phi) is 2.80. The molecule has 0 bridgehead atoms. The monoisotopic (exact) mass is 222 g/mol. The fraction of sp³-hybridized carbons (Fsp3) is 0. The lowest BCUT2D eigenvalue weighted by atomic mass is 9.79. The molecule has 2 aromatic rings. The number of nitrogens with zero attached hydrogens (tertiary/aromatic N) is 2. The molecule has 0 aliphatic heterocycles. The summed E-state index contributed by atoms with van der Waals surface area (Å²) >= 11 is 0. The van der Waals surface area contributed by atoms with E-state index in [1.54, 1.807) is 30.3 Å². The van der Waals surface area contributed by atoms with Crippen LogP contribution in [0.25, 0.3) is 20.5 Å². The lowest BCUT2D eigenvalue weighted by Gasteiger charge is -2.04. The number of hydrogen-bond acceptors (Lipinski definition) is 2. The first kappa shape index (κ1) is 11.2. The van der Waals surface area contributed by atoms with Crippen LogP contribution in [0.4, 0.5) is 11.4 Å².